The molecule has 0 aromatic heterocycles. The van der Waals surface area contributed by atoms with Crippen LogP contribution in [-0.4, -0.2) is 7.85 Å². The van der Waals surface area contributed by atoms with Gasteiger partial charge < -0.3 is 0 Å². The summed E-state index contributed by atoms with van der Waals surface area (Å²) in [5, 5.41) is 0.131. The molecule has 1 heteroatoms. The van der Waals surface area contributed by atoms with Crippen LogP contribution in [0.25, 0.3) is 0 Å². The first-order valence-corrected chi connectivity index (χ1v) is 5.97. The van der Waals surface area contributed by atoms with E-state index in [1.54, 1.807) is 0 Å². The number of hydrogen-bond acceptors (Lipinski definition) is 0. The van der Waals surface area contributed by atoms with E-state index >= 15 is 0 Å². The molecule has 0 aromatic rings. The molecule has 0 heterocycles. The highest BCUT2D eigenvalue weighted by molar-refractivity contribution is 6.15. The molecule has 0 rings (SSSR count). The highest BCUT2D eigenvalue weighted by atomic mass is 14.2. The Kier molecular flexibility index (Phi) is 7.50. The molecule has 0 unspecified atom stereocenters. The maximum Gasteiger partial charge on any atom is 0.0746 e. The largest absolute Gasteiger partial charge is 0.0746 e. The van der Waals surface area contributed by atoms with Crippen molar-refractivity contribution in [3.8, 4) is 0 Å². The van der Waals surface area contributed by atoms with Gasteiger partial charge >= 0.3 is 0 Å². The van der Waals surface area contributed by atoms with Crippen molar-refractivity contribution in [3.63, 3.8) is 0 Å². The molecular weight excluding hydrogens is 155 g/mol. The van der Waals surface area contributed by atoms with Crippen molar-refractivity contribution in [2.24, 2.45) is 0 Å². The molecular formula is C12H25B. The number of hydrogen-bond donors (Lipinski definition) is 0. The molecule has 0 nitrogen and oxygen atoms in total. The quantitative estimate of drug-likeness (QED) is 0.381. The Morgan fingerprint density at radius 2 is 1.38 bits per heavy atom. The average Bonchev–Trinajstić information content (AvgIpc) is 2.17. The fraction of sp³-hybridized carbons (Fsp3) is 1.00. The van der Waals surface area contributed by atoms with E-state index in [0.29, 0.717) is 0 Å². The summed E-state index contributed by atoms with van der Waals surface area (Å²) in [5.74, 6) is 0. The first-order valence-electron chi connectivity index (χ1n) is 5.97. The first-order chi connectivity index (χ1) is 6.18. The topological polar surface area (TPSA) is 0 Å². The summed E-state index contributed by atoms with van der Waals surface area (Å²) in [6.07, 6.45) is 10.2. The molecule has 0 aromatic carbocycles. The van der Waals surface area contributed by atoms with Gasteiger partial charge in [-0.3, -0.25) is 0 Å². The van der Waals surface area contributed by atoms with E-state index in [1.165, 1.54) is 38.5 Å². The lowest BCUT2D eigenvalue weighted by atomic mass is 9.62. The second-order valence-corrected chi connectivity index (χ2v) is 4.23. The number of unbranched alkanes of at least 4 members (excludes halogenated alkanes) is 4. The molecule has 0 fully saturated rings. The zero-order valence-corrected chi connectivity index (χ0v) is 9.73. The van der Waals surface area contributed by atoms with Crippen LogP contribution in [0.1, 0.15) is 72.1 Å². The SMILES string of the molecule is [B]C(CC)(CC)CCCCCCC. The van der Waals surface area contributed by atoms with Crippen LogP contribution in [0.3, 0.4) is 0 Å². The smallest absolute Gasteiger partial charge is 0.0666 e. The van der Waals surface area contributed by atoms with Crippen LogP contribution in [0.5, 0.6) is 0 Å². The first kappa shape index (κ1) is 13.1. The predicted octanol–water partition coefficient (Wildman–Crippen LogP) is 4.49. The second-order valence-electron chi connectivity index (χ2n) is 4.23. The van der Waals surface area contributed by atoms with Crippen molar-refractivity contribution in [2.45, 2.75) is 77.5 Å². The Hall–Kier alpha value is 0.0649. The van der Waals surface area contributed by atoms with Crippen LogP contribution in [-0.2, 0) is 0 Å². The molecule has 0 bridgehead atoms. The third-order valence-corrected chi connectivity index (χ3v) is 3.19. The minimum absolute atomic E-state index is 0.131. The predicted molar refractivity (Wildman–Crippen MR) is 62.4 cm³/mol. The van der Waals surface area contributed by atoms with E-state index in [4.69, 9.17) is 7.85 Å². The second kappa shape index (κ2) is 7.47. The molecule has 0 saturated heterocycles. The third kappa shape index (κ3) is 6.18. The summed E-state index contributed by atoms with van der Waals surface area (Å²) in [4.78, 5) is 0. The summed E-state index contributed by atoms with van der Waals surface area (Å²) >= 11 is 0. The van der Waals surface area contributed by atoms with E-state index in [-0.39, 0.29) is 5.31 Å². The van der Waals surface area contributed by atoms with Crippen LogP contribution in [0, 0.1) is 0 Å². The van der Waals surface area contributed by atoms with Crippen molar-refractivity contribution in [1.82, 2.24) is 0 Å². The molecule has 13 heavy (non-hydrogen) atoms. The van der Waals surface area contributed by atoms with E-state index < -0.39 is 0 Å². The molecule has 76 valence electrons. The van der Waals surface area contributed by atoms with Gasteiger partial charge in [0.05, 0.1) is 7.85 Å². The van der Waals surface area contributed by atoms with Crippen LogP contribution in [0.2, 0.25) is 5.31 Å². The maximum atomic E-state index is 6.21. The Labute approximate surface area is 85.9 Å². The Balaban J connectivity index is 3.39. The normalized spacial score (nSPS) is 11.9. The number of rotatable bonds is 8. The Morgan fingerprint density at radius 3 is 1.85 bits per heavy atom. The molecule has 0 saturated carbocycles. The molecule has 0 N–H and O–H groups in total. The monoisotopic (exact) mass is 180 g/mol. The van der Waals surface area contributed by atoms with Crippen LogP contribution >= 0.6 is 0 Å². The molecule has 0 aliphatic rings. The van der Waals surface area contributed by atoms with Gasteiger partial charge in [0.2, 0.25) is 0 Å². The highest BCUT2D eigenvalue weighted by Gasteiger charge is 2.17. The zero-order chi connectivity index (χ0) is 10.2. The minimum Gasteiger partial charge on any atom is -0.0666 e. The molecule has 0 amide bonds. The van der Waals surface area contributed by atoms with Gasteiger partial charge in [0.15, 0.2) is 0 Å². The van der Waals surface area contributed by atoms with E-state index in [2.05, 4.69) is 20.8 Å². The molecule has 0 atom stereocenters. The van der Waals surface area contributed by atoms with Crippen molar-refractivity contribution >= 4 is 7.85 Å². The Morgan fingerprint density at radius 1 is 0.846 bits per heavy atom. The van der Waals surface area contributed by atoms with Gasteiger partial charge in [-0.05, 0) is 0 Å². The summed E-state index contributed by atoms with van der Waals surface area (Å²) < 4.78 is 0. The highest BCUT2D eigenvalue weighted by Crippen LogP contribution is 2.36. The molecule has 0 aliphatic carbocycles. The van der Waals surface area contributed by atoms with Gasteiger partial charge in [-0.15, -0.1) is 0 Å². The van der Waals surface area contributed by atoms with Crippen molar-refractivity contribution in [2.75, 3.05) is 0 Å². The standard InChI is InChI=1S/C12H25B/c1-4-7-8-9-10-11-12(13,5-2)6-3/h4-11H2,1-3H3. The summed E-state index contributed by atoms with van der Waals surface area (Å²) in [5.41, 5.74) is 0. The lowest BCUT2D eigenvalue weighted by molar-refractivity contribution is 0.450. The van der Waals surface area contributed by atoms with E-state index in [0.717, 1.165) is 12.8 Å². The van der Waals surface area contributed by atoms with Crippen molar-refractivity contribution < 1.29 is 0 Å². The van der Waals surface area contributed by atoms with Crippen molar-refractivity contribution in [3.05, 3.63) is 0 Å². The maximum absolute atomic E-state index is 6.21. The third-order valence-electron chi connectivity index (χ3n) is 3.19. The summed E-state index contributed by atoms with van der Waals surface area (Å²) in [6.45, 7) is 6.66. The van der Waals surface area contributed by atoms with Crippen LogP contribution < -0.4 is 0 Å². The lowest BCUT2D eigenvalue weighted by Gasteiger charge is -2.27. The average molecular weight is 180 g/mol. The molecule has 0 aliphatic heterocycles. The Bertz CT molecular complexity index is 106. The van der Waals surface area contributed by atoms with Gasteiger partial charge in [-0.25, -0.2) is 0 Å². The van der Waals surface area contributed by atoms with Crippen LogP contribution in [0.15, 0.2) is 0 Å². The van der Waals surface area contributed by atoms with Gasteiger partial charge in [0.1, 0.15) is 0 Å². The molecule has 0 spiro atoms. The fourth-order valence-corrected chi connectivity index (χ4v) is 1.68. The van der Waals surface area contributed by atoms with Gasteiger partial charge in [-0.1, -0.05) is 77.5 Å². The summed E-state index contributed by atoms with van der Waals surface area (Å²) in [7, 11) is 6.21. The van der Waals surface area contributed by atoms with Gasteiger partial charge in [0, 0.05) is 0 Å². The molecule has 2 radical (unpaired) electrons. The van der Waals surface area contributed by atoms with Crippen LogP contribution in [0.4, 0.5) is 0 Å². The van der Waals surface area contributed by atoms with Gasteiger partial charge in [-0.2, -0.15) is 0 Å². The lowest BCUT2D eigenvalue weighted by Crippen LogP contribution is -2.10. The summed E-state index contributed by atoms with van der Waals surface area (Å²) in [6, 6.07) is 0. The minimum atomic E-state index is 0.131. The van der Waals surface area contributed by atoms with Gasteiger partial charge in [0.25, 0.3) is 0 Å². The fourth-order valence-electron chi connectivity index (χ4n) is 1.68. The van der Waals surface area contributed by atoms with E-state index in [1.807, 2.05) is 0 Å². The van der Waals surface area contributed by atoms with Crippen molar-refractivity contribution in [1.29, 1.82) is 0 Å². The van der Waals surface area contributed by atoms with E-state index in [9.17, 15) is 0 Å². The zero-order valence-electron chi connectivity index (χ0n) is 9.73.